The minimum Gasteiger partial charge on any atom is -0.495 e. The maximum Gasteiger partial charge on any atom is 0.142 e. The van der Waals surface area contributed by atoms with Gasteiger partial charge in [-0.3, -0.25) is 9.88 Å². The van der Waals surface area contributed by atoms with Crippen LogP contribution in [0.2, 0.25) is 0 Å². The van der Waals surface area contributed by atoms with Gasteiger partial charge < -0.3 is 9.64 Å². The Bertz CT molecular complexity index is 971. The third-order valence-corrected chi connectivity index (χ3v) is 6.16. The predicted molar refractivity (Wildman–Crippen MR) is 123 cm³/mol. The van der Waals surface area contributed by atoms with Crippen molar-refractivity contribution >= 4 is 5.69 Å². The van der Waals surface area contributed by atoms with Gasteiger partial charge in [-0.05, 0) is 48.4 Å². The van der Waals surface area contributed by atoms with E-state index in [2.05, 4.69) is 39.9 Å². The number of halogens is 1. The van der Waals surface area contributed by atoms with Crippen LogP contribution in [0.15, 0.2) is 72.9 Å². The molecular weight excluding hydrogens is 389 g/mol. The van der Waals surface area contributed by atoms with Crippen molar-refractivity contribution in [2.45, 2.75) is 18.8 Å². The molecule has 5 heteroatoms. The van der Waals surface area contributed by atoms with Gasteiger partial charge >= 0.3 is 0 Å². The molecule has 0 amide bonds. The molecule has 1 aliphatic rings. The Balaban J connectivity index is 1.48. The molecule has 1 saturated heterocycles. The van der Waals surface area contributed by atoms with E-state index < -0.39 is 0 Å². The lowest BCUT2D eigenvalue weighted by Crippen LogP contribution is -2.51. The van der Waals surface area contributed by atoms with Crippen LogP contribution < -0.4 is 9.64 Å². The molecule has 4 rings (SSSR count). The van der Waals surface area contributed by atoms with Gasteiger partial charge in [0.05, 0.1) is 12.8 Å². The first-order valence-corrected chi connectivity index (χ1v) is 10.8. The Morgan fingerprint density at radius 2 is 1.65 bits per heavy atom. The van der Waals surface area contributed by atoms with E-state index in [1.54, 1.807) is 19.2 Å². The van der Waals surface area contributed by atoms with Gasteiger partial charge in [-0.15, -0.1) is 0 Å². The lowest BCUT2D eigenvalue weighted by atomic mass is 9.79. The number of methoxy groups -OCH3 is 1. The summed E-state index contributed by atoms with van der Waals surface area (Å²) in [5.74, 6) is 0.723. The normalized spacial score (nSPS) is 16.7. The number of nitrogens with zero attached hydrogens (tertiary/aromatic N) is 3. The Labute approximate surface area is 184 Å². The topological polar surface area (TPSA) is 28.6 Å². The molecule has 0 saturated carbocycles. The molecule has 0 radical (unpaired) electrons. The standard InChI is InChI=1S/C26H30FN3O/c1-26(25-9-5-6-14-28-25,19-21-10-12-22(27)13-11-21)20-29-15-17-30(18-16-29)23-7-3-4-8-24(23)31-2/h3-14H,15-20H2,1-2H3. The van der Waals surface area contributed by atoms with E-state index in [1.807, 2.05) is 42.6 Å². The number of pyridine rings is 1. The summed E-state index contributed by atoms with van der Waals surface area (Å²) >= 11 is 0. The molecule has 0 spiro atoms. The van der Waals surface area contributed by atoms with Gasteiger partial charge in [0.25, 0.3) is 0 Å². The average Bonchev–Trinajstić information content (AvgIpc) is 2.82. The first-order chi connectivity index (χ1) is 15.1. The third kappa shape index (κ3) is 5.05. The third-order valence-electron chi connectivity index (χ3n) is 6.16. The number of hydrogen-bond acceptors (Lipinski definition) is 4. The maximum absolute atomic E-state index is 13.4. The summed E-state index contributed by atoms with van der Waals surface area (Å²) in [5.41, 5.74) is 3.20. The Hall–Kier alpha value is -2.92. The van der Waals surface area contributed by atoms with Gasteiger partial charge in [0, 0.05) is 50.0 Å². The molecule has 1 fully saturated rings. The quantitative estimate of drug-likeness (QED) is 0.562. The van der Waals surface area contributed by atoms with Crippen molar-refractivity contribution in [2.75, 3.05) is 44.7 Å². The van der Waals surface area contributed by atoms with Crippen LogP contribution in [-0.4, -0.2) is 49.7 Å². The molecule has 2 heterocycles. The second-order valence-corrected chi connectivity index (χ2v) is 8.51. The SMILES string of the molecule is COc1ccccc1N1CCN(CC(C)(Cc2ccc(F)cc2)c2ccccn2)CC1. The van der Waals surface area contributed by atoms with Crippen molar-refractivity contribution in [3.8, 4) is 5.75 Å². The molecule has 0 aliphatic carbocycles. The molecule has 0 N–H and O–H groups in total. The zero-order valence-electron chi connectivity index (χ0n) is 18.3. The largest absolute Gasteiger partial charge is 0.495 e. The molecule has 3 aromatic rings. The van der Waals surface area contributed by atoms with Crippen molar-refractivity contribution in [2.24, 2.45) is 0 Å². The Kier molecular flexibility index (Phi) is 6.52. The van der Waals surface area contributed by atoms with E-state index in [0.29, 0.717) is 0 Å². The highest BCUT2D eigenvalue weighted by atomic mass is 19.1. The molecule has 2 aromatic carbocycles. The zero-order chi connectivity index (χ0) is 21.7. The molecule has 31 heavy (non-hydrogen) atoms. The highest BCUT2D eigenvalue weighted by Gasteiger charge is 2.32. The fourth-order valence-corrected chi connectivity index (χ4v) is 4.53. The van der Waals surface area contributed by atoms with E-state index in [0.717, 1.165) is 61.8 Å². The number of aromatic nitrogens is 1. The number of para-hydroxylation sites is 2. The van der Waals surface area contributed by atoms with Crippen LogP contribution >= 0.6 is 0 Å². The van der Waals surface area contributed by atoms with Crippen molar-refractivity contribution in [3.05, 3.63) is 90.0 Å². The van der Waals surface area contributed by atoms with Gasteiger partial charge in [0.1, 0.15) is 11.6 Å². The first-order valence-electron chi connectivity index (χ1n) is 10.8. The van der Waals surface area contributed by atoms with E-state index in [4.69, 9.17) is 4.74 Å². The molecule has 1 atom stereocenters. The monoisotopic (exact) mass is 419 g/mol. The molecular formula is C26H30FN3O. The van der Waals surface area contributed by atoms with Gasteiger partial charge in [-0.2, -0.15) is 0 Å². The summed E-state index contributed by atoms with van der Waals surface area (Å²) in [5, 5.41) is 0. The van der Waals surface area contributed by atoms with Crippen LogP contribution in [0.3, 0.4) is 0 Å². The lowest BCUT2D eigenvalue weighted by molar-refractivity contribution is 0.200. The van der Waals surface area contributed by atoms with E-state index in [1.165, 1.54) is 0 Å². The summed E-state index contributed by atoms with van der Waals surface area (Å²) in [6.45, 7) is 7.03. The van der Waals surface area contributed by atoms with E-state index in [9.17, 15) is 4.39 Å². The van der Waals surface area contributed by atoms with Gasteiger partial charge in [-0.1, -0.05) is 37.3 Å². The van der Waals surface area contributed by atoms with E-state index >= 15 is 0 Å². The zero-order valence-corrected chi connectivity index (χ0v) is 18.3. The van der Waals surface area contributed by atoms with Crippen molar-refractivity contribution < 1.29 is 9.13 Å². The van der Waals surface area contributed by atoms with Crippen LogP contribution in [-0.2, 0) is 11.8 Å². The van der Waals surface area contributed by atoms with Gasteiger partial charge in [0.15, 0.2) is 0 Å². The second-order valence-electron chi connectivity index (χ2n) is 8.51. The molecule has 162 valence electrons. The summed E-state index contributed by atoms with van der Waals surface area (Å²) in [7, 11) is 1.73. The fourth-order valence-electron chi connectivity index (χ4n) is 4.53. The van der Waals surface area contributed by atoms with Crippen LogP contribution in [0, 0.1) is 5.82 Å². The van der Waals surface area contributed by atoms with Gasteiger partial charge in [0.2, 0.25) is 0 Å². The molecule has 1 unspecified atom stereocenters. The van der Waals surface area contributed by atoms with Crippen molar-refractivity contribution in [1.29, 1.82) is 0 Å². The average molecular weight is 420 g/mol. The predicted octanol–water partition coefficient (Wildman–Crippen LogP) is 4.55. The van der Waals surface area contributed by atoms with Crippen LogP contribution in [0.4, 0.5) is 10.1 Å². The smallest absolute Gasteiger partial charge is 0.142 e. The van der Waals surface area contributed by atoms with Crippen molar-refractivity contribution in [1.82, 2.24) is 9.88 Å². The first kappa shape index (κ1) is 21.3. The summed E-state index contributed by atoms with van der Waals surface area (Å²) in [4.78, 5) is 9.60. The summed E-state index contributed by atoms with van der Waals surface area (Å²) < 4.78 is 19.0. The van der Waals surface area contributed by atoms with Crippen LogP contribution in [0.1, 0.15) is 18.2 Å². The molecule has 0 bridgehead atoms. The highest BCUT2D eigenvalue weighted by Crippen LogP contribution is 2.31. The van der Waals surface area contributed by atoms with Crippen LogP contribution in [0.5, 0.6) is 5.75 Å². The fraction of sp³-hybridized carbons (Fsp3) is 0.346. The Morgan fingerprint density at radius 1 is 0.935 bits per heavy atom. The summed E-state index contributed by atoms with van der Waals surface area (Å²) in [6.07, 6.45) is 2.68. The summed E-state index contributed by atoms with van der Waals surface area (Å²) in [6, 6.07) is 21.2. The Morgan fingerprint density at radius 3 is 2.32 bits per heavy atom. The molecule has 1 aliphatic heterocycles. The number of rotatable bonds is 7. The minimum absolute atomic E-state index is 0.161. The number of anilines is 1. The van der Waals surface area contributed by atoms with Crippen molar-refractivity contribution in [3.63, 3.8) is 0 Å². The van der Waals surface area contributed by atoms with E-state index in [-0.39, 0.29) is 11.2 Å². The number of piperazine rings is 1. The molecule has 1 aromatic heterocycles. The lowest BCUT2D eigenvalue weighted by Gasteiger charge is -2.41. The van der Waals surface area contributed by atoms with Crippen LogP contribution in [0.25, 0.3) is 0 Å². The highest BCUT2D eigenvalue weighted by molar-refractivity contribution is 5.58. The molecule has 4 nitrogen and oxygen atoms in total. The number of ether oxygens (including phenoxy) is 1. The maximum atomic E-state index is 13.4. The second kappa shape index (κ2) is 9.48. The number of benzene rings is 2. The minimum atomic E-state index is -0.198. The van der Waals surface area contributed by atoms with Gasteiger partial charge in [-0.25, -0.2) is 4.39 Å². The number of hydrogen-bond donors (Lipinski definition) is 0.